The Morgan fingerprint density at radius 3 is 2.86 bits per heavy atom. The molecule has 0 aliphatic carbocycles. The van der Waals surface area contributed by atoms with Crippen LogP contribution in [0.25, 0.3) is 0 Å². The van der Waals surface area contributed by atoms with Crippen molar-refractivity contribution < 1.29 is 9.53 Å². The first-order chi connectivity index (χ1) is 10.3. The maximum atomic E-state index is 12.3. The Morgan fingerprint density at radius 1 is 1.55 bits per heavy atom. The summed E-state index contributed by atoms with van der Waals surface area (Å²) in [6.07, 6.45) is 1.94. The molecule has 1 aromatic heterocycles. The van der Waals surface area contributed by atoms with Gasteiger partial charge in [-0.2, -0.15) is 0 Å². The van der Waals surface area contributed by atoms with Gasteiger partial charge in [-0.3, -0.25) is 4.90 Å². The van der Waals surface area contributed by atoms with Gasteiger partial charge in [0.05, 0.1) is 0 Å². The van der Waals surface area contributed by atoms with Crippen molar-refractivity contribution in [1.29, 1.82) is 0 Å². The summed E-state index contributed by atoms with van der Waals surface area (Å²) in [6.45, 7) is 9.67. The number of amides is 1. The van der Waals surface area contributed by atoms with Crippen molar-refractivity contribution in [3.63, 3.8) is 0 Å². The Kier molecular flexibility index (Phi) is 5.50. The zero-order chi connectivity index (χ0) is 16.3. The summed E-state index contributed by atoms with van der Waals surface area (Å²) in [4.78, 5) is 17.9. The molecule has 1 aromatic rings. The quantitative estimate of drug-likeness (QED) is 0.834. The number of hydrogen-bond donors (Lipinski definition) is 0. The van der Waals surface area contributed by atoms with Crippen LogP contribution in [0.2, 0.25) is 0 Å². The summed E-state index contributed by atoms with van der Waals surface area (Å²) in [5.41, 5.74) is -0.430. The minimum absolute atomic E-state index is 0.174. The lowest BCUT2D eigenvalue weighted by atomic mass is 10.1. The molecular weight excluding hydrogens is 296 g/mol. The number of hydrogen-bond acceptors (Lipinski definition) is 4. The maximum Gasteiger partial charge on any atom is 0.410 e. The molecule has 1 fully saturated rings. The van der Waals surface area contributed by atoms with E-state index in [2.05, 4.69) is 36.4 Å². The molecular formula is C17H28N2O2S. The zero-order valence-corrected chi connectivity index (χ0v) is 15.2. The van der Waals surface area contributed by atoms with E-state index in [9.17, 15) is 4.79 Å². The van der Waals surface area contributed by atoms with E-state index in [0.29, 0.717) is 6.04 Å². The Bertz CT molecular complexity index is 481. The Labute approximate surface area is 138 Å². The van der Waals surface area contributed by atoms with Crippen LogP contribution in [0.3, 0.4) is 0 Å². The summed E-state index contributed by atoms with van der Waals surface area (Å²) >= 11 is 1.79. The zero-order valence-electron chi connectivity index (χ0n) is 14.3. The molecule has 0 bridgehead atoms. The molecule has 5 heteroatoms. The van der Waals surface area contributed by atoms with Gasteiger partial charge in [-0.15, -0.1) is 11.3 Å². The molecule has 1 aliphatic rings. The van der Waals surface area contributed by atoms with E-state index in [4.69, 9.17) is 4.74 Å². The highest BCUT2D eigenvalue weighted by Gasteiger charge is 2.33. The second-order valence-electron chi connectivity index (χ2n) is 7.10. The fourth-order valence-corrected chi connectivity index (χ4v) is 3.67. The van der Waals surface area contributed by atoms with Gasteiger partial charge in [-0.25, -0.2) is 4.79 Å². The van der Waals surface area contributed by atoms with Gasteiger partial charge in [-0.05, 0) is 59.0 Å². The SMILES string of the molecule is CC(c1cccs1)N(C)CC1CCCN1C(=O)OC(C)(C)C. The van der Waals surface area contributed by atoms with Crippen LogP contribution in [0.1, 0.15) is 51.5 Å². The number of carbonyl (C=O) groups excluding carboxylic acids is 1. The summed E-state index contributed by atoms with van der Waals surface area (Å²) in [7, 11) is 2.13. The van der Waals surface area contributed by atoms with Gasteiger partial charge < -0.3 is 9.64 Å². The standard InChI is InChI=1S/C17H28N2O2S/c1-13(15-9-7-11-22-15)18(5)12-14-8-6-10-19(14)16(20)21-17(2,3)4/h7,9,11,13-14H,6,8,10,12H2,1-5H3. The third-order valence-corrected chi connectivity index (χ3v) is 5.16. The molecule has 2 unspecified atom stereocenters. The lowest BCUT2D eigenvalue weighted by Crippen LogP contribution is -2.44. The molecule has 2 atom stereocenters. The van der Waals surface area contributed by atoms with Crippen molar-refractivity contribution in [2.24, 2.45) is 0 Å². The summed E-state index contributed by atoms with van der Waals surface area (Å²) < 4.78 is 5.54. The minimum Gasteiger partial charge on any atom is -0.444 e. The van der Waals surface area contributed by atoms with Crippen molar-refractivity contribution in [2.75, 3.05) is 20.1 Å². The number of carbonyl (C=O) groups is 1. The smallest absolute Gasteiger partial charge is 0.410 e. The van der Waals surface area contributed by atoms with E-state index in [1.165, 1.54) is 4.88 Å². The highest BCUT2D eigenvalue weighted by molar-refractivity contribution is 7.10. The molecule has 1 amide bonds. The number of ether oxygens (including phenoxy) is 1. The lowest BCUT2D eigenvalue weighted by Gasteiger charge is -2.32. The largest absolute Gasteiger partial charge is 0.444 e. The summed E-state index contributed by atoms with van der Waals surface area (Å²) in [5, 5.41) is 2.11. The third kappa shape index (κ3) is 4.46. The average Bonchev–Trinajstić information content (AvgIpc) is 3.06. The molecule has 1 aliphatic heterocycles. The Hall–Kier alpha value is -1.07. The van der Waals surface area contributed by atoms with E-state index in [1.54, 1.807) is 11.3 Å². The lowest BCUT2D eigenvalue weighted by molar-refractivity contribution is 0.0194. The number of thiophene rings is 1. The first-order valence-corrected chi connectivity index (χ1v) is 8.89. The monoisotopic (exact) mass is 324 g/mol. The van der Waals surface area contributed by atoms with Crippen LogP contribution < -0.4 is 0 Å². The molecule has 0 aromatic carbocycles. The molecule has 0 radical (unpaired) electrons. The topological polar surface area (TPSA) is 32.8 Å². The molecule has 0 saturated carbocycles. The van der Waals surface area contributed by atoms with Gasteiger partial charge in [0.1, 0.15) is 5.60 Å². The van der Waals surface area contributed by atoms with Crippen molar-refractivity contribution >= 4 is 17.4 Å². The number of likely N-dealkylation sites (tertiary alicyclic amines) is 1. The summed E-state index contributed by atoms with van der Waals surface area (Å²) in [6, 6.07) is 4.89. The van der Waals surface area contributed by atoms with E-state index in [1.807, 2.05) is 25.7 Å². The maximum absolute atomic E-state index is 12.3. The van der Waals surface area contributed by atoms with E-state index in [0.717, 1.165) is 25.9 Å². The van der Waals surface area contributed by atoms with E-state index in [-0.39, 0.29) is 12.1 Å². The Balaban J connectivity index is 1.94. The first-order valence-electron chi connectivity index (χ1n) is 8.01. The number of nitrogens with zero attached hydrogens (tertiary/aromatic N) is 2. The van der Waals surface area contributed by atoms with Crippen molar-refractivity contribution in [3.05, 3.63) is 22.4 Å². The molecule has 1 saturated heterocycles. The highest BCUT2D eigenvalue weighted by Crippen LogP contribution is 2.27. The second-order valence-corrected chi connectivity index (χ2v) is 8.08. The Morgan fingerprint density at radius 2 is 2.27 bits per heavy atom. The fraction of sp³-hybridized carbons (Fsp3) is 0.706. The van der Waals surface area contributed by atoms with Crippen LogP contribution in [0.4, 0.5) is 4.79 Å². The van der Waals surface area contributed by atoms with E-state index < -0.39 is 5.60 Å². The molecule has 0 N–H and O–H groups in total. The van der Waals surface area contributed by atoms with Crippen LogP contribution in [0, 0.1) is 0 Å². The van der Waals surface area contributed by atoms with Crippen LogP contribution in [0.15, 0.2) is 17.5 Å². The number of likely N-dealkylation sites (N-methyl/N-ethyl adjacent to an activating group) is 1. The highest BCUT2D eigenvalue weighted by atomic mass is 32.1. The van der Waals surface area contributed by atoms with Gasteiger partial charge in [0.15, 0.2) is 0 Å². The predicted molar refractivity (Wildman–Crippen MR) is 91.3 cm³/mol. The molecule has 0 spiro atoms. The van der Waals surface area contributed by atoms with Crippen LogP contribution in [0.5, 0.6) is 0 Å². The van der Waals surface area contributed by atoms with Crippen LogP contribution in [-0.4, -0.2) is 47.7 Å². The molecule has 4 nitrogen and oxygen atoms in total. The fourth-order valence-electron chi connectivity index (χ4n) is 2.82. The molecule has 124 valence electrons. The molecule has 22 heavy (non-hydrogen) atoms. The van der Waals surface area contributed by atoms with Gasteiger partial charge in [0.25, 0.3) is 0 Å². The van der Waals surface area contributed by atoms with Gasteiger partial charge >= 0.3 is 6.09 Å². The van der Waals surface area contributed by atoms with Crippen molar-refractivity contribution in [1.82, 2.24) is 9.80 Å². The summed E-state index contributed by atoms with van der Waals surface area (Å²) in [5.74, 6) is 0. The van der Waals surface area contributed by atoms with Crippen molar-refractivity contribution in [2.45, 2.75) is 58.2 Å². The predicted octanol–water partition coefficient (Wildman–Crippen LogP) is 4.14. The van der Waals surface area contributed by atoms with Crippen molar-refractivity contribution in [3.8, 4) is 0 Å². The van der Waals surface area contributed by atoms with E-state index >= 15 is 0 Å². The van der Waals surface area contributed by atoms with Crippen LogP contribution >= 0.6 is 11.3 Å². The van der Waals surface area contributed by atoms with Crippen LogP contribution in [-0.2, 0) is 4.74 Å². The average molecular weight is 324 g/mol. The van der Waals surface area contributed by atoms with Gasteiger partial charge in [0.2, 0.25) is 0 Å². The normalized spacial score (nSPS) is 20.5. The molecule has 2 heterocycles. The van der Waals surface area contributed by atoms with Gasteiger partial charge in [-0.1, -0.05) is 6.07 Å². The first kappa shape index (κ1) is 17.3. The minimum atomic E-state index is -0.430. The second kappa shape index (κ2) is 7.01. The van der Waals surface area contributed by atoms with Gasteiger partial charge in [0, 0.05) is 30.1 Å². The third-order valence-electron chi connectivity index (χ3n) is 4.12. The number of rotatable bonds is 4. The molecule has 2 rings (SSSR count).